The van der Waals surface area contributed by atoms with Crippen molar-refractivity contribution in [1.82, 2.24) is 9.80 Å². The smallest absolute Gasteiger partial charge is 0.313 e. The van der Waals surface area contributed by atoms with Gasteiger partial charge in [0, 0.05) is 37.4 Å². The molecule has 5 N–H and O–H groups in total. The van der Waals surface area contributed by atoms with Crippen molar-refractivity contribution in [2.24, 2.45) is 17.8 Å². The lowest BCUT2D eigenvalue weighted by Crippen LogP contribution is -2.56. The minimum Gasteiger partial charge on any atom is -0.436 e. The van der Waals surface area contributed by atoms with E-state index in [-0.39, 0.29) is 30.8 Å². The SMILES string of the molecule is CC[C@H](O)OC(=O)[C@H](C)[C@@H](OC1CC(N(C)C)C(O)C(C)O1)[C@H](C)[C@@H](O)C(C)(O)C[C@@H](C)CN(C)[C@H](C)[C@@H](O)CC. The van der Waals surface area contributed by atoms with Crippen LogP contribution in [0, 0.1) is 17.8 Å². The first-order chi connectivity index (χ1) is 18.9. The number of nitrogens with zero attached hydrogens (tertiary/aromatic N) is 2. The van der Waals surface area contributed by atoms with Crippen molar-refractivity contribution in [3.05, 3.63) is 0 Å². The Hall–Kier alpha value is -0.890. The van der Waals surface area contributed by atoms with E-state index in [0.717, 1.165) is 0 Å². The molecule has 1 fully saturated rings. The molecular formula is C30H60N2O9. The van der Waals surface area contributed by atoms with Gasteiger partial charge in [-0.1, -0.05) is 27.7 Å². The Kier molecular flexibility index (Phi) is 15.6. The van der Waals surface area contributed by atoms with Crippen molar-refractivity contribution in [2.75, 3.05) is 27.7 Å². The summed E-state index contributed by atoms with van der Waals surface area (Å²) in [5.41, 5.74) is -1.52. The molecule has 5 unspecified atom stereocenters. The fourth-order valence-electron chi connectivity index (χ4n) is 5.89. The minimum absolute atomic E-state index is 0.0188. The highest BCUT2D eigenvalue weighted by Gasteiger charge is 2.45. The molecular weight excluding hydrogens is 532 g/mol. The van der Waals surface area contributed by atoms with Gasteiger partial charge in [-0.15, -0.1) is 0 Å². The topological polar surface area (TPSA) is 152 Å². The van der Waals surface area contributed by atoms with Gasteiger partial charge >= 0.3 is 5.97 Å². The summed E-state index contributed by atoms with van der Waals surface area (Å²) in [6.45, 7) is 14.8. The predicted octanol–water partition coefficient (Wildman–Crippen LogP) is 1.57. The molecule has 0 aliphatic carbocycles. The van der Waals surface area contributed by atoms with E-state index < -0.39 is 66.5 Å². The quantitative estimate of drug-likeness (QED) is 0.124. The molecule has 0 aromatic rings. The Morgan fingerprint density at radius 3 is 2.17 bits per heavy atom. The highest BCUT2D eigenvalue weighted by molar-refractivity contribution is 5.72. The molecule has 0 bridgehead atoms. The molecule has 0 aromatic heterocycles. The van der Waals surface area contributed by atoms with E-state index in [9.17, 15) is 30.3 Å². The van der Waals surface area contributed by atoms with E-state index in [0.29, 0.717) is 19.4 Å². The number of likely N-dealkylation sites (N-methyl/N-ethyl adjacent to an activating group) is 2. The number of hydrogen-bond donors (Lipinski definition) is 5. The zero-order chi connectivity index (χ0) is 31.8. The summed E-state index contributed by atoms with van der Waals surface area (Å²) in [6.07, 6.45) is -4.50. The lowest BCUT2D eigenvalue weighted by atomic mass is 9.78. The van der Waals surface area contributed by atoms with Crippen LogP contribution >= 0.6 is 0 Å². The molecule has 1 saturated heterocycles. The van der Waals surface area contributed by atoms with Gasteiger partial charge in [0.05, 0.1) is 42.0 Å². The number of carbonyl (C=O) groups excluding carboxylic acids is 1. The summed E-state index contributed by atoms with van der Waals surface area (Å²) in [5, 5.41) is 53.7. The van der Waals surface area contributed by atoms with E-state index in [2.05, 4.69) is 0 Å². The average molecular weight is 593 g/mol. The summed E-state index contributed by atoms with van der Waals surface area (Å²) in [5.74, 6) is -2.34. The highest BCUT2D eigenvalue weighted by Crippen LogP contribution is 2.34. The van der Waals surface area contributed by atoms with Gasteiger partial charge in [0.1, 0.15) is 0 Å². The molecule has 0 saturated carbocycles. The first-order valence-corrected chi connectivity index (χ1v) is 15.2. The lowest BCUT2D eigenvalue weighted by Gasteiger charge is -2.44. The molecule has 1 rings (SSSR count). The number of hydrogen-bond acceptors (Lipinski definition) is 11. The lowest BCUT2D eigenvalue weighted by molar-refractivity contribution is -0.269. The first kappa shape index (κ1) is 38.1. The zero-order valence-electron chi connectivity index (χ0n) is 27.2. The summed E-state index contributed by atoms with van der Waals surface area (Å²) in [7, 11) is 5.65. The van der Waals surface area contributed by atoms with E-state index in [1.807, 2.05) is 51.7 Å². The van der Waals surface area contributed by atoms with Crippen LogP contribution in [-0.2, 0) is 19.0 Å². The number of aliphatic hydroxyl groups is 5. The molecule has 41 heavy (non-hydrogen) atoms. The van der Waals surface area contributed by atoms with Crippen molar-refractivity contribution in [1.29, 1.82) is 0 Å². The molecule has 11 nitrogen and oxygen atoms in total. The van der Waals surface area contributed by atoms with Gasteiger partial charge in [-0.2, -0.15) is 0 Å². The van der Waals surface area contributed by atoms with Crippen molar-refractivity contribution in [3.63, 3.8) is 0 Å². The maximum atomic E-state index is 13.0. The van der Waals surface area contributed by atoms with E-state index >= 15 is 0 Å². The van der Waals surface area contributed by atoms with Gasteiger partial charge in [0.25, 0.3) is 0 Å². The maximum Gasteiger partial charge on any atom is 0.313 e. The zero-order valence-corrected chi connectivity index (χ0v) is 27.2. The van der Waals surface area contributed by atoms with Gasteiger partial charge < -0.3 is 49.5 Å². The minimum atomic E-state index is -1.52. The second kappa shape index (κ2) is 16.8. The fourth-order valence-corrected chi connectivity index (χ4v) is 5.89. The first-order valence-electron chi connectivity index (χ1n) is 15.2. The number of esters is 1. The van der Waals surface area contributed by atoms with Gasteiger partial charge in [0.2, 0.25) is 0 Å². The van der Waals surface area contributed by atoms with Crippen LogP contribution in [0.25, 0.3) is 0 Å². The van der Waals surface area contributed by atoms with Crippen LogP contribution < -0.4 is 0 Å². The number of aliphatic hydroxyl groups excluding tert-OH is 4. The molecule has 0 amide bonds. The summed E-state index contributed by atoms with van der Waals surface area (Å²) in [6, 6.07) is -0.301. The van der Waals surface area contributed by atoms with Crippen molar-refractivity contribution < 1.29 is 44.5 Å². The van der Waals surface area contributed by atoms with Crippen LogP contribution in [0.15, 0.2) is 0 Å². The molecule has 1 aliphatic rings. The van der Waals surface area contributed by atoms with Gasteiger partial charge in [0.15, 0.2) is 12.6 Å². The monoisotopic (exact) mass is 592 g/mol. The van der Waals surface area contributed by atoms with Gasteiger partial charge in [-0.3, -0.25) is 4.79 Å². The van der Waals surface area contributed by atoms with Gasteiger partial charge in [-0.25, -0.2) is 0 Å². The second-order valence-corrected chi connectivity index (χ2v) is 12.8. The standard InChI is InChI=1S/C30H60N2O9/c1-12-23(33)20(6)32(11)16-17(3)15-30(8,38)28(36)18(4)27(19(5)29(37)40-24(34)13-2)41-25-14-22(31(9)10)26(35)21(7)39-25/h17-28,33-36,38H,12-16H2,1-11H3/t17-,18+,19-,20-,21?,22?,23+,24-,25?,26?,27+,28-,30?/m1/s1. The van der Waals surface area contributed by atoms with Crippen molar-refractivity contribution in [3.8, 4) is 0 Å². The second-order valence-electron chi connectivity index (χ2n) is 12.8. The molecule has 244 valence electrons. The normalized spacial score (nSPS) is 29.2. The largest absolute Gasteiger partial charge is 0.436 e. The highest BCUT2D eigenvalue weighted by atomic mass is 16.7. The molecule has 13 atom stereocenters. The number of rotatable bonds is 17. The van der Waals surface area contributed by atoms with Gasteiger partial charge in [-0.05, 0) is 67.6 Å². The summed E-state index contributed by atoms with van der Waals surface area (Å²) < 4.78 is 17.5. The summed E-state index contributed by atoms with van der Waals surface area (Å²) >= 11 is 0. The molecule has 0 radical (unpaired) electrons. The maximum absolute atomic E-state index is 13.0. The Labute approximate surface area is 247 Å². The van der Waals surface area contributed by atoms with Crippen LogP contribution in [0.5, 0.6) is 0 Å². The molecule has 1 heterocycles. The molecule has 0 spiro atoms. The number of ether oxygens (including phenoxy) is 3. The molecule has 1 aliphatic heterocycles. The fraction of sp³-hybridized carbons (Fsp3) is 0.967. The average Bonchev–Trinajstić information content (AvgIpc) is 2.90. The van der Waals surface area contributed by atoms with Crippen LogP contribution in [-0.4, -0.2) is 130 Å². The van der Waals surface area contributed by atoms with Crippen LogP contribution in [0.4, 0.5) is 0 Å². The third-order valence-corrected chi connectivity index (χ3v) is 8.80. The van der Waals surface area contributed by atoms with E-state index in [4.69, 9.17) is 14.2 Å². The Morgan fingerprint density at radius 1 is 1.07 bits per heavy atom. The number of carbonyl (C=O) groups is 1. The van der Waals surface area contributed by atoms with Crippen LogP contribution in [0.1, 0.15) is 81.1 Å². The molecule has 0 aromatic carbocycles. The Bertz CT molecular complexity index is 770. The summed E-state index contributed by atoms with van der Waals surface area (Å²) in [4.78, 5) is 16.9. The van der Waals surface area contributed by atoms with Crippen LogP contribution in [0.3, 0.4) is 0 Å². The predicted molar refractivity (Wildman–Crippen MR) is 157 cm³/mol. The Morgan fingerprint density at radius 2 is 1.66 bits per heavy atom. The Balaban J connectivity index is 3.15. The van der Waals surface area contributed by atoms with Crippen molar-refractivity contribution in [2.45, 2.75) is 142 Å². The van der Waals surface area contributed by atoms with E-state index in [1.54, 1.807) is 34.6 Å². The molecule has 11 heteroatoms. The third-order valence-electron chi connectivity index (χ3n) is 8.80. The van der Waals surface area contributed by atoms with E-state index in [1.165, 1.54) is 0 Å². The van der Waals surface area contributed by atoms with Crippen LogP contribution in [0.2, 0.25) is 0 Å². The third kappa shape index (κ3) is 11.0. The van der Waals surface area contributed by atoms with Crippen molar-refractivity contribution >= 4 is 5.97 Å².